The van der Waals surface area contributed by atoms with Gasteiger partial charge in [0.15, 0.2) is 5.58 Å². The van der Waals surface area contributed by atoms with E-state index in [0.29, 0.717) is 11.5 Å². The SMILES string of the molecule is c1ccc(-c2ccc(N(c3ccccc3)c3cc4oc(-c5ccccc5)nc4c4cc(N(c5ccccc5)c5ccc6oc7ccccc7c6c5)ccc34)cc2)cc1. The largest absolute Gasteiger partial charge is 0.456 e. The molecule has 2 aromatic heterocycles. The van der Waals surface area contributed by atoms with E-state index in [1.807, 2.05) is 48.5 Å². The first kappa shape index (κ1) is 33.4. The number of anilines is 6. The van der Waals surface area contributed by atoms with Crippen molar-refractivity contribution in [1.82, 2.24) is 4.98 Å². The van der Waals surface area contributed by atoms with Gasteiger partial charge in [-0.25, -0.2) is 4.98 Å². The normalized spacial score (nSPS) is 11.4. The monoisotopic (exact) mass is 745 g/mol. The van der Waals surface area contributed by atoms with Gasteiger partial charge >= 0.3 is 0 Å². The number of hydrogen-bond donors (Lipinski definition) is 0. The molecule has 0 amide bonds. The lowest BCUT2D eigenvalue weighted by atomic mass is 10.0. The van der Waals surface area contributed by atoms with Crippen molar-refractivity contribution in [1.29, 1.82) is 0 Å². The third-order valence-corrected chi connectivity index (χ3v) is 10.9. The second-order valence-electron chi connectivity index (χ2n) is 14.4. The highest BCUT2D eigenvalue weighted by atomic mass is 16.3. The van der Waals surface area contributed by atoms with E-state index < -0.39 is 0 Å². The summed E-state index contributed by atoms with van der Waals surface area (Å²) in [7, 11) is 0. The quantitative estimate of drug-likeness (QED) is 0.155. The van der Waals surface area contributed by atoms with Gasteiger partial charge in [-0.15, -0.1) is 0 Å². The van der Waals surface area contributed by atoms with Crippen LogP contribution in [0.2, 0.25) is 0 Å². The highest BCUT2D eigenvalue weighted by Crippen LogP contribution is 2.46. The lowest BCUT2D eigenvalue weighted by Crippen LogP contribution is -2.11. The predicted molar refractivity (Wildman–Crippen MR) is 239 cm³/mol. The van der Waals surface area contributed by atoms with Gasteiger partial charge in [0.05, 0.1) is 5.69 Å². The molecule has 9 aromatic carbocycles. The molecule has 11 aromatic rings. The smallest absolute Gasteiger partial charge is 0.227 e. The van der Waals surface area contributed by atoms with Crippen LogP contribution in [0.5, 0.6) is 0 Å². The lowest BCUT2D eigenvalue weighted by Gasteiger charge is -2.28. The summed E-state index contributed by atoms with van der Waals surface area (Å²) in [6, 6.07) is 73.9. The van der Waals surface area contributed by atoms with E-state index >= 15 is 0 Å². The fourth-order valence-corrected chi connectivity index (χ4v) is 8.12. The molecule has 0 bridgehead atoms. The topological polar surface area (TPSA) is 45.7 Å². The Hall–Kier alpha value is -7.89. The summed E-state index contributed by atoms with van der Waals surface area (Å²) in [5.41, 5.74) is 12.6. The van der Waals surface area contributed by atoms with Gasteiger partial charge in [-0.2, -0.15) is 0 Å². The van der Waals surface area contributed by atoms with Crippen molar-refractivity contribution < 1.29 is 8.83 Å². The van der Waals surface area contributed by atoms with Gasteiger partial charge in [0, 0.05) is 61.6 Å². The molecule has 0 atom stereocenters. The van der Waals surface area contributed by atoms with Crippen LogP contribution in [0.3, 0.4) is 0 Å². The zero-order valence-corrected chi connectivity index (χ0v) is 31.4. The van der Waals surface area contributed by atoms with Crippen LogP contribution in [-0.4, -0.2) is 4.98 Å². The Kier molecular flexibility index (Phi) is 8.07. The Morgan fingerprint density at radius 3 is 1.53 bits per heavy atom. The van der Waals surface area contributed by atoms with Crippen molar-refractivity contribution in [2.24, 2.45) is 0 Å². The van der Waals surface area contributed by atoms with Gasteiger partial charge in [0.1, 0.15) is 16.7 Å². The maximum Gasteiger partial charge on any atom is 0.227 e. The molecule has 0 aliphatic heterocycles. The van der Waals surface area contributed by atoms with E-state index in [0.717, 1.165) is 83.5 Å². The van der Waals surface area contributed by atoms with Crippen molar-refractivity contribution in [3.63, 3.8) is 0 Å². The molecule has 58 heavy (non-hydrogen) atoms. The molecule has 274 valence electrons. The Morgan fingerprint density at radius 2 is 0.828 bits per heavy atom. The van der Waals surface area contributed by atoms with Crippen LogP contribution in [0.25, 0.3) is 66.4 Å². The molecule has 0 radical (unpaired) electrons. The molecule has 2 heterocycles. The molecule has 0 fully saturated rings. The number of aromatic nitrogens is 1. The van der Waals surface area contributed by atoms with Crippen LogP contribution in [0.4, 0.5) is 34.1 Å². The summed E-state index contributed by atoms with van der Waals surface area (Å²) >= 11 is 0. The van der Waals surface area contributed by atoms with Crippen molar-refractivity contribution in [3.05, 3.63) is 212 Å². The minimum absolute atomic E-state index is 0.579. The van der Waals surface area contributed by atoms with Crippen molar-refractivity contribution in [2.75, 3.05) is 9.80 Å². The van der Waals surface area contributed by atoms with Crippen molar-refractivity contribution >= 4 is 77.9 Å². The Balaban J connectivity index is 1.15. The van der Waals surface area contributed by atoms with E-state index in [2.05, 4.69) is 174 Å². The summed E-state index contributed by atoms with van der Waals surface area (Å²) in [4.78, 5) is 9.81. The van der Waals surface area contributed by atoms with Gasteiger partial charge in [-0.3, -0.25) is 0 Å². The van der Waals surface area contributed by atoms with Crippen LogP contribution >= 0.6 is 0 Å². The molecule has 0 aliphatic rings. The van der Waals surface area contributed by atoms with Gasteiger partial charge in [0.2, 0.25) is 5.89 Å². The number of oxazole rings is 1. The summed E-state index contributed by atoms with van der Waals surface area (Å²) < 4.78 is 12.9. The van der Waals surface area contributed by atoms with E-state index in [4.69, 9.17) is 13.8 Å². The van der Waals surface area contributed by atoms with Crippen molar-refractivity contribution in [3.8, 4) is 22.6 Å². The molecule has 0 spiro atoms. The van der Waals surface area contributed by atoms with Crippen LogP contribution in [-0.2, 0) is 0 Å². The molecule has 5 heteroatoms. The molecule has 0 unspecified atom stereocenters. The number of hydrogen-bond acceptors (Lipinski definition) is 5. The van der Waals surface area contributed by atoms with E-state index in [9.17, 15) is 0 Å². The van der Waals surface area contributed by atoms with Crippen LogP contribution in [0.15, 0.2) is 221 Å². The van der Waals surface area contributed by atoms with Gasteiger partial charge < -0.3 is 18.6 Å². The van der Waals surface area contributed by atoms with Crippen molar-refractivity contribution in [2.45, 2.75) is 0 Å². The summed E-state index contributed by atoms with van der Waals surface area (Å²) in [6.45, 7) is 0. The maximum absolute atomic E-state index is 6.69. The van der Waals surface area contributed by atoms with E-state index in [1.165, 1.54) is 5.56 Å². The second-order valence-corrected chi connectivity index (χ2v) is 14.4. The number of rotatable bonds is 8. The zero-order valence-electron chi connectivity index (χ0n) is 31.4. The minimum Gasteiger partial charge on any atom is -0.456 e. The first-order valence-corrected chi connectivity index (χ1v) is 19.5. The first-order valence-electron chi connectivity index (χ1n) is 19.5. The van der Waals surface area contributed by atoms with Crippen LogP contribution < -0.4 is 9.80 Å². The lowest BCUT2D eigenvalue weighted by molar-refractivity contribution is 0.620. The Morgan fingerprint density at radius 1 is 0.310 bits per heavy atom. The zero-order chi connectivity index (χ0) is 38.4. The molecule has 0 saturated carbocycles. The number of furan rings is 1. The molecule has 11 rings (SSSR count). The molecular weight excluding hydrogens is 711 g/mol. The third kappa shape index (κ3) is 5.85. The van der Waals surface area contributed by atoms with E-state index in [1.54, 1.807) is 0 Å². The summed E-state index contributed by atoms with van der Waals surface area (Å²) in [5, 5.41) is 4.18. The molecule has 0 aliphatic carbocycles. The van der Waals surface area contributed by atoms with Gasteiger partial charge in [0.25, 0.3) is 0 Å². The number of nitrogens with zero attached hydrogens (tertiary/aromatic N) is 3. The predicted octanol–water partition coefficient (Wildman–Crippen LogP) is 15.2. The fourth-order valence-electron chi connectivity index (χ4n) is 8.12. The second kappa shape index (κ2) is 14.0. The number of benzene rings is 9. The molecular formula is C53H35N3O2. The third-order valence-electron chi connectivity index (χ3n) is 10.9. The fraction of sp³-hybridized carbons (Fsp3) is 0. The first-order chi connectivity index (χ1) is 28.7. The Bertz CT molecular complexity index is 3210. The Labute approximate surface area is 335 Å². The minimum atomic E-state index is 0.579. The average Bonchev–Trinajstić information content (AvgIpc) is 3.90. The molecule has 5 nitrogen and oxygen atoms in total. The molecule has 0 saturated heterocycles. The number of fused-ring (bicyclic) bond motifs is 6. The summed E-state index contributed by atoms with van der Waals surface area (Å²) in [5.74, 6) is 0.579. The highest BCUT2D eigenvalue weighted by molar-refractivity contribution is 6.14. The van der Waals surface area contributed by atoms with E-state index in [-0.39, 0.29) is 0 Å². The van der Waals surface area contributed by atoms with Gasteiger partial charge in [-0.05, 0) is 96.1 Å². The molecule has 0 N–H and O–H groups in total. The average molecular weight is 746 g/mol. The number of para-hydroxylation sites is 3. The highest BCUT2D eigenvalue weighted by Gasteiger charge is 2.23. The van der Waals surface area contributed by atoms with Crippen LogP contribution in [0.1, 0.15) is 0 Å². The standard InChI is InChI=1S/C53H35N3O2/c1-5-15-36(16-6-1)37-25-27-41(28-26-37)56(40-21-11-4-12-22-40)48-35-51-52(54-53(58-51)38-17-7-2-8-18-38)47-34-42(29-31-44(47)48)55(39-19-9-3-10-20-39)43-30-32-50-46(33-43)45-23-13-14-24-49(45)57-50/h1-35H. The van der Waals surface area contributed by atoms with Gasteiger partial charge in [-0.1, -0.05) is 121 Å². The summed E-state index contributed by atoms with van der Waals surface area (Å²) in [6.07, 6.45) is 0. The maximum atomic E-state index is 6.69. The van der Waals surface area contributed by atoms with Crippen LogP contribution in [0, 0.1) is 0 Å².